The number of nitrogens with two attached hydrogens (primary N) is 1. The smallest absolute Gasteiger partial charge is 0.258 e. The molecule has 3 N–H and O–H groups in total. The summed E-state index contributed by atoms with van der Waals surface area (Å²) in [6.07, 6.45) is 0. The molecule has 0 aliphatic rings. The van der Waals surface area contributed by atoms with Gasteiger partial charge < -0.3 is 10.1 Å². The van der Waals surface area contributed by atoms with Gasteiger partial charge in [-0.15, -0.1) is 0 Å². The maximum atomic E-state index is 13.4. The lowest BCUT2D eigenvalue weighted by atomic mass is 10.1. The van der Waals surface area contributed by atoms with Crippen molar-refractivity contribution < 1.29 is 26.7 Å². The van der Waals surface area contributed by atoms with E-state index in [1.165, 1.54) is 18.2 Å². The summed E-state index contributed by atoms with van der Waals surface area (Å²) in [4.78, 5) is 11.8. The summed E-state index contributed by atoms with van der Waals surface area (Å²) in [6, 6.07) is 8.02. The van der Waals surface area contributed by atoms with E-state index in [0.717, 1.165) is 12.1 Å². The molecule has 0 heterocycles. The number of rotatable bonds is 6. The molecule has 0 spiro atoms. The standard InChI is InChI=1S/C16H16F2N2O4S/c1-10(11-3-2-4-13(7-11)25(19,22)23)20-16(21)9-24-15-6-5-12(17)8-14(15)18/h2-8,10H,9H2,1H3,(H,20,21)(H2,19,22,23). The van der Waals surface area contributed by atoms with Crippen LogP contribution in [0, 0.1) is 11.6 Å². The molecule has 134 valence electrons. The molecule has 0 fully saturated rings. The van der Waals surface area contributed by atoms with Crippen LogP contribution in [0.2, 0.25) is 0 Å². The zero-order valence-electron chi connectivity index (χ0n) is 13.2. The van der Waals surface area contributed by atoms with Crippen molar-refractivity contribution in [1.29, 1.82) is 0 Å². The molecule has 1 atom stereocenters. The Morgan fingerprint density at radius 2 is 1.96 bits per heavy atom. The summed E-state index contributed by atoms with van der Waals surface area (Å²) in [5.74, 6) is -2.47. The highest BCUT2D eigenvalue weighted by molar-refractivity contribution is 7.89. The summed E-state index contributed by atoms with van der Waals surface area (Å²) in [5.41, 5.74) is 0.521. The Hall–Kier alpha value is -2.52. The molecule has 2 aromatic rings. The molecular formula is C16H16F2N2O4S. The molecule has 1 unspecified atom stereocenters. The minimum Gasteiger partial charge on any atom is -0.481 e. The number of carbonyl (C=O) groups is 1. The Kier molecular flexibility index (Phi) is 5.70. The number of hydrogen-bond donors (Lipinski definition) is 2. The lowest BCUT2D eigenvalue weighted by Gasteiger charge is -2.15. The van der Waals surface area contributed by atoms with Crippen LogP contribution in [0.3, 0.4) is 0 Å². The summed E-state index contributed by atoms with van der Waals surface area (Å²) in [7, 11) is -3.85. The maximum Gasteiger partial charge on any atom is 0.258 e. The van der Waals surface area contributed by atoms with Crippen molar-refractivity contribution in [3.8, 4) is 5.75 Å². The minimum atomic E-state index is -3.85. The maximum absolute atomic E-state index is 13.4. The Labute approximate surface area is 143 Å². The average Bonchev–Trinajstić information content (AvgIpc) is 2.53. The minimum absolute atomic E-state index is 0.0734. The van der Waals surface area contributed by atoms with Gasteiger partial charge in [0.1, 0.15) is 5.82 Å². The SMILES string of the molecule is CC(NC(=O)COc1ccc(F)cc1F)c1cccc(S(N)(=O)=O)c1. The number of hydrogen-bond acceptors (Lipinski definition) is 4. The van der Waals surface area contributed by atoms with Crippen LogP contribution in [0.15, 0.2) is 47.4 Å². The number of sulfonamides is 1. The number of ether oxygens (including phenoxy) is 1. The van der Waals surface area contributed by atoms with Gasteiger partial charge in [-0.05, 0) is 36.8 Å². The number of amides is 1. The van der Waals surface area contributed by atoms with Gasteiger partial charge in [-0.25, -0.2) is 22.3 Å². The molecule has 0 aliphatic heterocycles. The third-order valence-electron chi connectivity index (χ3n) is 3.32. The number of halogens is 2. The van der Waals surface area contributed by atoms with Crippen molar-refractivity contribution in [2.75, 3.05) is 6.61 Å². The third-order valence-corrected chi connectivity index (χ3v) is 4.23. The quantitative estimate of drug-likeness (QED) is 0.811. The van der Waals surface area contributed by atoms with E-state index in [1.807, 2.05) is 0 Å². The Balaban J connectivity index is 1.98. The average molecular weight is 370 g/mol. The van der Waals surface area contributed by atoms with E-state index in [-0.39, 0.29) is 10.6 Å². The molecule has 1 amide bonds. The molecule has 0 radical (unpaired) electrons. The second-order valence-electron chi connectivity index (χ2n) is 5.27. The van der Waals surface area contributed by atoms with Crippen LogP contribution >= 0.6 is 0 Å². The van der Waals surface area contributed by atoms with Crippen LogP contribution in [0.5, 0.6) is 5.75 Å². The number of carbonyl (C=O) groups excluding carboxylic acids is 1. The number of benzene rings is 2. The summed E-state index contributed by atoms with van der Waals surface area (Å²) in [6.45, 7) is 1.15. The normalized spacial score (nSPS) is 12.5. The first kappa shape index (κ1) is 18.8. The number of primary sulfonamides is 1. The predicted octanol–water partition coefficient (Wildman–Crippen LogP) is 1.87. The van der Waals surface area contributed by atoms with Gasteiger partial charge in [0.15, 0.2) is 18.2 Å². The van der Waals surface area contributed by atoms with Gasteiger partial charge in [0, 0.05) is 6.07 Å². The van der Waals surface area contributed by atoms with Gasteiger partial charge in [-0.1, -0.05) is 12.1 Å². The summed E-state index contributed by atoms with van der Waals surface area (Å²) in [5, 5.41) is 7.65. The highest BCUT2D eigenvalue weighted by Crippen LogP contribution is 2.18. The molecular weight excluding hydrogens is 354 g/mol. The highest BCUT2D eigenvalue weighted by Gasteiger charge is 2.14. The molecule has 0 bridgehead atoms. The van der Waals surface area contributed by atoms with Gasteiger partial charge in [-0.3, -0.25) is 4.79 Å². The van der Waals surface area contributed by atoms with E-state index in [2.05, 4.69) is 5.32 Å². The first-order valence-corrected chi connectivity index (χ1v) is 8.71. The predicted molar refractivity (Wildman–Crippen MR) is 86.2 cm³/mol. The molecule has 9 heteroatoms. The van der Waals surface area contributed by atoms with Crippen molar-refractivity contribution >= 4 is 15.9 Å². The Bertz CT molecular complexity index is 887. The molecule has 0 saturated heterocycles. The molecule has 0 saturated carbocycles. The van der Waals surface area contributed by atoms with Crippen molar-refractivity contribution in [2.24, 2.45) is 5.14 Å². The monoisotopic (exact) mass is 370 g/mol. The first-order valence-electron chi connectivity index (χ1n) is 7.17. The van der Waals surface area contributed by atoms with Crippen molar-refractivity contribution in [3.05, 3.63) is 59.7 Å². The van der Waals surface area contributed by atoms with Crippen molar-refractivity contribution in [2.45, 2.75) is 17.9 Å². The molecule has 25 heavy (non-hydrogen) atoms. The van der Waals surface area contributed by atoms with E-state index in [1.54, 1.807) is 13.0 Å². The van der Waals surface area contributed by atoms with Gasteiger partial charge in [0.25, 0.3) is 5.91 Å². The zero-order valence-corrected chi connectivity index (χ0v) is 14.0. The Morgan fingerprint density at radius 3 is 2.60 bits per heavy atom. The van der Waals surface area contributed by atoms with Crippen LogP contribution in [-0.2, 0) is 14.8 Å². The molecule has 0 aliphatic carbocycles. The summed E-state index contributed by atoms with van der Waals surface area (Å²) >= 11 is 0. The lowest BCUT2D eigenvalue weighted by molar-refractivity contribution is -0.123. The molecule has 2 aromatic carbocycles. The highest BCUT2D eigenvalue weighted by atomic mass is 32.2. The van der Waals surface area contributed by atoms with E-state index in [9.17, 15) is 22.0 Å². The fraction of sp³-hybridized carbons (Fsp3) is 0.188. The van der Waals surface area contributed by atoms with Gasteiger partial charge in [0.05, 0.1) is 10.9 Å². The second kappa shape index (κ2) is 7.58. The van der Waals surface area contributed by atoms with Crippen molar-refractivity contribution in [1.82, 2.24) is 5.32 Å². The van der Waals surface area contributed by atoms with Crippen LogP contribution in [0.1, 0.15) is 18.5 Å². The van der Waals surface area contributed by atoms with Gasteiger partial charge in [-0.2, -0.15) is 0 Å². The van der Waals surface area contributed by atoms with Crippen molar-refractivity contribution in [3.63, 3.8) is 0 Å². The van der Waals surface area contributed by atoms with Crippen LogP contribution in [0.4, 0.5) is 8.78 Å². The first-order chi connectivity index (χ1) is 11.7. The fourth-order valence-corrected chi connectivity index (χ4v) is 2.63. The Morgan fingerprint density at radius 1 is 1.24 bits per heavy atom. The molecule has 2 rings (SSSR count). The number of nitrogens with one attached hydrogen (secondary N) is 1. The largest absolute Gasteiger partial charge is 0.481 e. The molecule has 0 aromatic heterocycles. The van der Waals surface area contributed by atoms with E-state index >= 15 is 0 Å². The van der Waals surface area contributed by atoms with Crippen LogP contribution < -0.4 is 15.2 Å². The topological polar surface area (TPSA) is 98.5 Å². The third kappa shape index (κ3) is 5.23. The van der Waals surface area contributed by atoms with E-state index in [0.29, 0.717) is 11.6 Å². The summed E-state index contributed by atoms with van der Waals surface area (Å²) < 4.78 is 53.9. The van der Waals surface area contributed by atoms with Crippen LogP contribution in [-0.4, -0.2) is 20.9 Å². The fourth-order valence-electron chi connectivity index (χ4n) is 2.06. The van der Waals surface area contributed by atoms with Crippen LogP contribution in [0.25, 0.3) is 0 Å². The molecule has 6 nitrogen and oxygen atoms in total. The van der Waals surface area contributed by atoms with E-state index in [4.69, 9.17) is 9.88 Å². The van der Waals surface area contributed by atoms with Gasteiger partial charge >= 0.3 is 0 Å². The van der Waals surface area contributed by atoms with Gasteiger partial charge in [0.2, 0.25) is 10.0 Å². The second-order valence-corrected chi connectivity index (χ2v) is 6.83. The lowest BCUT2D eigenvalue weighted by Crippen LogP contribution is -2.31. The van der Waals surface area contributed by atoms with E-state index < -0.39 is 40.2 Å². The zero-order chi connectivity index (χ0) is 18.6.